The molecular weight excluding hydrogens is 580 g/mol. The van der Waals surface area contributed by atoms with Gasteiger partial charge in [-0.3, -0.25) is 38.0 Å². The molecule has 2 fully saturated rings. The minimum Gasteiger partial charge on any atom is -0.432 e. The van der Waals surface area contributed by atoms with Gasteiger partial charge in [-0.15, -0.1) is 0 Å². The highest BCUT2D eigenvalue weighted by atomic mass is 33.1. The smallest absolute Gasteiger partial charge is 0.432 e. The average molecular weight is 597 g/mol. The van der Waals surface area contributed by atoms with E-state index in [0.29, 0.717) is 0 Å². The van der Waals surface area contributed by atoms with E-state index in [0.717, 1.165) is 21.6 Å². The Morgan fingerprint density at radius 2 is 1.08 bits per heavy atom. The summed E-state index contributed by atoms with van der Waals surface area (Å²) in [5, 5.41) is -4.39. The molecule has 36 heavy (non-hydrogen) atoms. The predicted octanol–water partition coefficient (Wildman–Crippen LogP) is -1.47. The van der Waals surface area contributed by atoms with E-state index in [1.54, 1.807) is 0 Å². The summed E-state index contributed by atoms with van der Waals surface area (Å²) in [5.74, 6) is -4.93. The van der Waals surface area contributed by atoms with Crippen molar-refractivity contribution in [2.24, 2.45) is 0 Å². The van der Waals surface area contributed by atoms with Gasteiger partial charge in [0.1, 0.15) is 13.2 Å². The van der Waals surface area contributed by atoms with Gasteiger partial charge >= 0.3 is 12.3 Å². The Kier molecular flexibility index (Phi) is 9.90. The molecule has 0 spiro atoms. The SMILES string of the molecule is O=C(OCCSSCCOC(=O)ON1C(=O)CC(S(=O)(=O)O)C1=O)ON1C(=O)CC(S(=O)(=O)O)C1=O. The Hall–Kier alpha value is -2.66. The largest absolute Gasteiger partial charge is 0.533 e. The first-order chi connectivity index (χ1) is 16.6. The molecule has 0 aliphatic carbocycles. The van der Waals surface area contributed by atoms with Crippen LogP contribution in [0.3, 0.4) is 0 Å². The normalized spacial score (nSPS) is 20.6. The summed E-state index contributed by atoms with van der Waals surface area (Å²) < 4.78 is 71.0. The van der Waals surface area contributed by atoms with Gasteiger partial charge in [0.2, 0.25) is 0 Å². The number of ether oxygens (including phenoxy) is 2. The quantitative estimate of drug-likeness (QED) is 0.0907. The van der Waals surface area contributed by atoms with E-state index >= 15 is 0 Å². The number of hydrogen-bond donors (Lipinski definition) is 2. The summed E-state index contributed by atoms with van der Waals surface area (Å²) in [5.41, 5.74) is 0. The Labute approximate surface area is 209 Å². The van der Waals surface area contributed by atoms with E-state index < -0.39 is 79.5 Å². The molecule has 0 aromatic carbocycles. The van der Waals surface area contributed by atoms with Crippen LogP contribution >= 0.6 is 21.6 Å². The van der Waals surface area contributed by atoms with Gasteiger partial charge in [-0.25, -0.2) is 9.59 Å². The highest BCUT2D eigenvalue weighted by Crippen LogP contribution is 2.23. The molecule has 2 heterocycles. The van der Waals surface area contributed by atoms with Crippen LogP contribution in [0.2, 0.25) is 0 Å². The van der Waals surface area contributed by atoms with Crippen molar-refractivity contribution in [3.8, 4) is 0 Å². The van der Waals surface area contributed by atoms with Gasteiger partial charge in [0.25, 0.3) is 43.9 Å². The van der Waals surface area contributed by atoms with Gasteiger partial charge in [0, 0.05) is 11.5 Å². The molecule has 2 N–H and O–H groups in total. The van der Waals surface area contributed by atoms with Gasteiger partial charge in [-0.1, -0.05) is 31.7 Å². The van der Waals surface area contributed by atoms with Crippen molar-refractivity contribution in [2.45, 2.75) is 23.3 Å². The first-order valence-electron chi connectivity index (χ1n) is 9.23. The van der Waals surface area contributed by atoms with E-state index in [9.17, 15) is 45.6 Å². The third-order valence-corrected chi connectivity index (χ3v) is 8.54. The molecule has 18 nitrogen and oxygen atoms in total. The second-order valence-corrected chi connectivity index (χ2v) is 12.4. The molecule has 2 saturated heterocycles. The van der Waals surface area contributed by atoms with Crippen LogP contribution in [0, 0.1) is 0 Å². The van der Waals surface area contributed by atoms with Crippen LogP contribution in [0.1, 0.15) is 12.8 Å². The maximum absolute atomic E-state index is 11.7. The number of carbonyl (C=O) groups excluding carboxylic acids is 6. The fourth-order valence-corrected chi connectivity index (χ4v) is 5.52. The molecule has 0 radical (unpaired) electrons. The Morgan fingerprint density at radius 3 is 1.36 bits per heavy atom. The molecule has 2 atom stereocenters. The highest BCUT2D eigenvalue weighted by Gasteiger charge is 2.49. The number of hydroxylamine groups is 4. The van der Waals surface area contributed by atoms with Gasteiger partial charge < -0.3 is 9.47 Å². The van der Waals surface area contributed by atoms with E-state index in [1.165, 1.54) is 0 Å². The lowest BCUT2D eigenvalue weighted by molar-refractivity contribution is -0.177. The minimum absolute atomic E-state index is 0.120. The fourth-order valence-electron chi connectivity index (χ4n) is 2.46. The van der Waals surface area contributed by atoms with Crippen molar-refractivity contribution in [3.63, 3.8) is 0 Å². The number of rotatable bonds is 11. The number of imide groups is 2. The van der Waals surface area contributed by atoms with E-state index in [-0.39, 0.29) is 34.8 Å². The second-order valence-electron chi connectivity index (χ2n) is 6.49. The number of nitrogens with zero attached hydrogens (tertiary/aromatic N) is 2. The topological polar surface area (TPSA) is 255 Å². The second kappa shape index (κ2) is 12.1. The zero-order valence-electron chi connectivity index (χ0n) is 17.5. The third-order valence-electron chi connectivity index (χ3n) is 4.03. The standard InChI is InChI=1S/C14H16N2O16S4/c17-9-5-7(35(23,24)25)11(19)15(9)31-13(21)29-1-3-33-34-4-2-30-14(22)32-16-10(18)6-8(12(16)20)36(26,27)28/h7-8H,1-6H2,(H,23,24,25)(H,26,27,28). The van der Waals surface area contributed by atoms with Crippen molar-refractivity contribution in [2.75, 3.05) is 24.7 Å². The van der Waals surface area contributed by atoms with Gasteiger partial charge in [-0.2, -0.15) is 16.8 Å². The first-order valence-corrected chi connectivity index (χ1v) is 14.7. The van der Waals surface area contributed by atoms with Crippen LogP contribution in [-0.2, 0) is 58.6 Å². The molecule has 0 saturated carbocycles. The lowest BCUT2D eigenvalue weighted by atomic mass is 10.4. The fraction of sp³-hybridized carbons (Fsp3) is 0.571. The van der Waals surface area contributed by atoms with Crippen molar-refractivity contribution in [1.82, 2.24) is 10.1 Å². The lowest BCUT2D eigenvalue weighted by Crippen LogP contribution is -2.37. The van der Waals surface area contributed by atoms with Gasteiger partial charge in [-0.05, 0) is 0 Å². The van der Waals surface area contributed by atoms with Crippen molar-refractivity contribution in [1.29, 1.82) is 0 Å². The van der Waals surface area contributed by atoms with Crippen LogP contribution in [-0.4, -0.2) is 107 Å². The van der Waals surface area contributed by atoms with Crippen molar-refractivity contribution >= 4 is 77.8 Å². The predicted molar refractivity (Wildman–Crippen MR) is 113 cm³/mol. The molecule has 0 aromatic heterocycles. The van der Waals surface area contributed by atoms with Crippen LogP contribution in [0.4, 0.5) is 9.59 Å². The zero-order valence-corrected chi connectivity index (χ0v) is 20.8. The molecular formula is C14H16N2O16S4. The molecule has 2 aliphatic rings. The Balaban J connectivity index is 1.57. The third kappa shape index (κ3) is 7.92. The summed E-state index contributed by atoms with van der Waals surface area (Å²) in [6, 6.07) is 0. The number of hydrogen-bond acceptors (Lipinski definition) is 16. The Bertz CT molecular complexity index is 1060. The number of amides is 4. The van der Waals surface area contributed by atoms with Crippen LogP contribution in [0.25, 0.3) is 0 Å². The molecule has 2 aliphatic heterocycles. The lowest BCUT2D eigenvalue weighted by Gasteiger charge is -2.13. The molecule has 0 bridgehead atoms. The molecule has 22 heteroatoms. The molecule has 0 aromatic rings. The minimum atomic E-state index is -4.86. The van der Waals surface area contributed by atoms with Gasteiger partial charge in [0.15, 0.2) is 10.5 Å². The van der Waals surface area contributed by atoms with Gasteiger partial charge in [0.05, 0.1) is 12.8 Å². The van der Waals surface area contributed by atoms with Crippen LogP contribution in [0.5, 0.6) is 0 Å². The van der Waals surface area contributed by atoms with Crippen molar-refractivity contribution < 1.29 is 73.9 Å². The maximum Gasteiger partial charge on any atom is 0.533 e. The zero-order chi connectivity index (χ0) is 27.3. The monoisotopic (exact) mass is 596 g/mol. The van der Waals surface area contributed by atoms with Crippen LogP contribution in [0.15, 0.2) is 0 Å². The summed E-state index contributed by atoms with van der Waals surface area (Å²) in [7, 11) is -7.50. The van der Waals surface area contributed by atoms with Crippen molar-refractivity contribution in [3.05, 3.63) is 0 Å². The summed E-state index contributed by atoms with van der Waals surface area (Å²) in [6.45, 7) is -0.545. The molecule has 4 amide bonds. The first kappa shape index (κ1) is 29.6. The van der Waals surface area contributed by atoms with Crippen LogP contribution < -0.4 is 0 Å². The molecule has 202 valence electrons. The summed E-state index contributed by atoms with van der Waals surface area (Å²) in [6.07, 6.45) is -4.76. The highest BCUT2D eigenvalue weighted by molar-refractivity contribution is 8.76. The number of carbonyl (C=O) groups is 6. The van der Waals surface area contributed by atoms with E-state index in [2.05, 4.69) is 19.1 Å². The Morgan fingerprint density at radius 1 is 0.750 bits per heavy atom. The molecule has 2 unspecified atom stereocenters. The summed E-state index contributed by atoms with van der Waals surface area (Å²) >= 11 is 0. The molecule has 2 rings (SSSR count). The average Bonchev–Trinajstić information content (AvgIpc) is 3.20. The van der Waals surface area contributed by atoms with E-state index in [1.807, 2.05) is 0 Å². The van der Waals surface area contributed by atoms with E-state index in [4.69, 9.17) is 9.11 Å². The maximum atomic E-state index is 11.7. The summed E-state index contributed by atoms with van der Waals surface area (Å²) in [4.78, 5) is 78.3.